The van der Waals surface area contributed by atoms with Crippen LogP contribution in [0.5, 0.6) is 0 Å². The number of fused-ring (bicyclic) bond motifs is 1. The van der Waals surface area contributed by atoms with E-state index in [0.717, 1.165) is 24.1 Å². The van der Waals surface area contributed by atoms with Crippen molar-refractivity contribution < 1.29 is 0 Å². The number of rotatable bonds is 5. The maximum atomic E-state index is 5.82. The van der Waals surface area contributed by atoms with Gasteiger partial charge in [0.25, 0.3) is 0 Å². The van der Waals surface area contributed by atoms with Gasteiger partial charge in [-0.05, 0) is 53.8 Å². The summed E-state index contributed by atoms with van der Waals surface area (Å²) in [5.74, 6) is 1.14. The second-order valence-corrected chi connectivity index (χ2v) is 6.44. The highest BCUT2D eigenvalue weighted by Gasteiger charge is 2.11. The fraction of sp³-hybridized carbons (Fsp3) is 0.316. The van der Waals surface area contributed by atoms with E-state index >= 15 is 0 Å². The molecule has 4 nitrogen and oxygen atoms in total. The first kappa shape index (κ1) is 15.6. The van der Waals surface area contributed by atoms with Gasteiger partial charge in [-0.3, -0.25) is 0 Å². The number of hydrogen-bond acceptors (Lipinski definition) is 3. The van der Waals surface area contributed by atoms with Crippen molar-refractivity contribution in [2.24, 2.45) is 11.7 Å². The molecule has 0 atom stereocenters. The predicted molar refractivity (Wildman–Crippen MR) is 97.2 cm³/mol. The van der Waals surface area contributed by atoms with Crippen LogP contribution in [0, 0.1) is 5.92 Å². The van der Waals surface area contributed by atoms with Gasteiger partial charge in [-0.1, -0.05) is 26.0 Å². The minimum Gasteiger partial charge on any atom is -0.384 e. The lowest BCUT2D eigenvalue weighted by molar-refractivity contribution is 0.534. The quantitative estimate of drug-likeness (QED) is 0.758. The molecule has 0 radical (unpaired) electrons. The van der Waals surface area contributed by atoms with Gasteiger partial charge >= 0.3 is 0 Å². The Hall–Kier alpha value is -2.33. The molecule has 2 aromatic heterocycles. The zero-order valence-corrected chi connectivity index (χ0v) is 13.8. The zero-order valence-electron chi connectivity index (χ0n) is 13.8. The molecule has 0 saturated carbocycles. The van der Waals surface area contributed by atoms with Gasteiger partial charge in [0.05, 0.1) is 0 Å². The van der Waals surface area contributed by atoms with Gasteiger partial charge < -0.3 is 16.0 Å². The minimum absolute atomic E-state index is 0.545. The van der Waals surface area contributed by atoms with E-state index in [1.807, 2.05) is 12.1 Å². The van der Waals surface area contributed by atoms with E-state index in [-0.39, 0.29) is 0 Å². The van der Waals surface area contributed by atoms with Crippen LogP contribution in [0.1, 0.15) is 19.4 Å². The molecule has 2 heterocycles. The molecule has 4 heteroatoms. The summed E-state index contributed by atoms with van der Waals surface area (Å²) in [6, 6.07) is 10.5. The van der Waals surface area contributed by atoms with Gasteiger partial charge in [-0.2, -0.15) is 0 Å². The lowest BCUT2D eigenvalue weighted by atomic mass is 10.0. The van der Waals surface area contributed by atoms with Crippen molar-refractivity contribution in [3.63, 3.8) is 0 Å². The monoisotopic (exact) mass is 308 g/mol. The standard InChI is InChI=1S/C19H24N4/c1-13(2)11-23-12-16(5-7-20)17-4-3-14(9-18(17)23)15-6-8-22-19(21)10-15/h3-4,6,8-10,12-13H,5,7,11,20H2,1-2H3,(H2,21,22). The number of nitrogens with zero attached hydrogens (tertiary/aromatic N) is 2. The lowest BCUT2D eigenvalue weighted by Crippen LogP contribution is -2.04. The third kappa shape index (κ3) is 3.22. The van der Waals surface area contributed by atoms with Gasteiger partial charge in [0, 0.05) is 29.8 Å². The third-order valence-electron chi connectivity index (χ3n) is 4.05. The molecule has 0 bridgehead atoms. The molecule has 0 aliphatic rings. The Balaban J connectivity index is 2.13. The molecule has 0 saturated heterocycles. The Morgan fingerprint density at radius 3 is 2.61 bits per heavy atom. The first-order valence-electron chi connectivity index (χ1n) is 8.12. The van der Waals surface area contributed by atoms with E-state index in [4.69, 9.17) is 11.5 Å². The predicted octanol–water partition coefficient (Wildman–Crippen LogP) is 3.44. The van der Waals surface area contributed by atoms with Gasteiger partial charge in [0.15, 0.2) is 0 Å². The summed E-state index contributed by atoms with van der Waals surface area (Å²) in [6.07, 6.45) is 4.91. The zero-order chi connectivity index (χ0) is 16.4. The molecule has 0 amide bonds. The van der Waals surface area contributed by atoms with Crippen molar-refractivity contribution in [1.82, 2.24) is 9.55 Å². The number of hydrogen-bond donors (Lipinski definition) is 2. The van der Waals surface area contributed by atoms with Crippen molar-refractivity contribution in [2.45, 2.75) is 26.8 Å². The van der Waals surface area contributed by atoms with Crippen LogP contribution in [0.3, 0.4) is 0 Å². The third-order valence-corrected chi connectivity index (χ3v) is 4.05. The van der Waals surface area contributed by atoms with E-state index in [0.29, 0.717) is 18.3 Å². The van der Waals surface area contributed by atoms with Crippen molar-refractivity contribution in [3.05, 3.63) is 48.3 Å². The van der Waals surface area contributed by atoms with Crippen LogP contribution < -0.4 is 11.5 Å². The Kier molecular flexibility index (Phi) is 4.35. The number of pyridine rings is 1. The van der Waals surface area contributed by atoms with Crippen LogP contribution >= 0.6 is 0 Å². The average molecular weight is 308 g/mol. The fourth-order valence-electron chi connectivity index (χ4n) is 3.07. The first-order valence-corrected chi connectivity index (χ1v) is 8.12. The summed E-state index contributed by atoms with van der Waals surface area (Å²) in [4.78, 5) is 4.07. The van der Waals surface area contributed by atoms with Crippen molar-refractivity contribution >= 4 is 16.7 Å². The smallest absolute Gasteiger partial charge is 0.123 e. The fourth-order valence-corrected chi connectivity index (χ4v) is 3.07. The normalized spacial score (nSPS) is 11.5. The summed E-state index contributed by atoms with van der Waals surface area (Å²) >= 11 is 0. The van der Waals surface area contributed by atoms with Crippen molar-refractivity contribution in [1.29, 1.82) is 0 Å². The second-order valence-electron chi connectivity index (χ2n) is 6.44. The van der Waals surface area contributed by atoms with Crippen LogP contribution in [0.2, 0.25) is 0 Å². The molecule has 3 rings (SSSR count). The van der Waals surface area contributed by atoms with Gasteiger partial charge in [0.2, 0.25) is 0 Å². The second kappa shape index (κ2) is 6.42. The summed E-state index contributed by atoms with van der Waals surface area (Å²) in [5, 5.41) is 1.29. The number of nitrogen functional groups attached to an aromatic ring is 1. The number of benzene rings is 1. The SMILES string of the molecule is CC(C)Cn1cc(CCN)c2ccc(-c3ccnc(N)c3)cc21. The molecule has 0 aliphatic carbocycles. The maximum Gasteiger partial charge on any atom is 0.123 e. The van der Waals surface area contributed by atoms with E-state index < -0.39 is 0 Å². The Morgan fingerprint density at radius 2 is 1.91 bits per heavy atom. The highest BCUT2D eigenvalue weighted by Crippen LogP contribution is 2.29. The highest BCUT2D eigenvalue weighted by molar-refractivity contribution is 5.88. The van der Waals surface area contributed by atoms with Crippen LogP contribution in [-0.4, -0.2) is 16.1 Å². The van der Waals surface area contributed by atoms with E-state index in [1.54, 1.807) is 6.20 Å². The van der Waals surface area contributed by atoms with E-state index in [9.17, 15) is 0 Å². The molecular formula is C19H24N4. The van der Waals surface area contributed by atoms with Crippen molar-refractivity contribution in [2.75, 3.05) is 12.3 Å². The van der Waals surface area contributed by atoms with Gasteiger partial charge in [-0.15, -0.1) is 0 Å². The molecule has 120 valence electrons. The number of nitrogens with two attached hydrogens (primary N) is 2. The van der Waals surface area contributed by atoms with Crippen molar-refractivity contribution in [3.8, 4) is 11.1 Å². The summed E-state index contributed by atoms with van der Waals surface area (Å²) in [5.41, 5.74) is 16.4. The topological polar surface area (TPSA) is 69.9 Å². The van der Waals surface area contributed by atoms with E-state index in [2.05, 4.69) is 47.8 Å². The molecule has 0 aliphatic heterocycles. The summed E-state index contributed by atoms with van der Waals surface area (Å²) in [6.45, 7) is 6.15. The van der Waals surface area contributed by atoms with Gasteiger partial charge in [0.1, 0.15) is 5.82 Å². The molecule has 4 N–H and O–H groups in total. The van der Waals surface area contributed by atoms with Crippen LogP contribution in [-0.2, 0) is 13.0 Å². The molecule has 0 spiro atoms. The molecule has 23 heavy (non-hydrogen) atoms. The van der Waals surface area contributed by atoms with Gasteiger partial charge in [-0.25, -0.2) is 4.98 Å². The molecule has 0 fully saturated rings. The number of aromatic nitrogens is 2. The maximum absolute atomic E-state index is 5.82. The number of anilines is 1. The van der Waals surface area contributed by atoms with Crippen LogP contribution in [0.25, 0.3) is 22.0 Å². The van der Waals surface area contributed by atoms with E-state index in [1.165, 1.54) is 16.5 Å². The average Bonchev–Trinajstić information content (AvgIpc) is 2.84. The largest absolute Gasteiger partial charge is 0.384 e. The highest BCUT2D eigenvalue weighted by atomic mass is 15.0. The molecule has 3 aromatic rings. The Bertz CT molecular complexity index is 817. The van der Waals surface area contributed by atoms with Crippen LogP contribution in [0.4, 0.5) is 5.82 Å². The Morgan fingerprint density at radius 1 is 1.13 bits per heavy atom. The Labute approximate surface area is 137 Å². The molecule has 0 unspecified atom stereocenters. The first-order chi connectivity index (χ1) is 11.1. The summed E-state index contributed by atoms with van der Waals surface area (Å²) in [7, 11) is 0. The van der Waals surface area contributed by atoms with Crippen LogP contribution in [0.15, 0.2) is 42.7 Å². The summed E-state index contributed by atoms with van der Waals surface area (Å²) < 4.78 is 2.35. The molecule has 1 aromatic carbocycles. The molecular weight excluding hydrogens is 284 g/mol. The minimum atomic E-state index is 0.545. The lowest BCUT2D eigenvalue weighted by Gasteiger charge is -2.09.